The topological polar surface area (TPSA) is 37.0 Å². The summed E-state index contributed by atoms with van der Waals surface area (Å²) in [5.41, 5.74) is 1.21. The molecular weight excluding hydrogens is 266 g/mol. The quantitative estimate of drug-likeness (QED) is 0.895. The van der Waals surface area contributed by atoms with Crippen LogP contribution in [0.4, 0.5) is 0 Å². The van der Waals surface area contributed by atoms with E-state index in [1.54, 1.807) is 0 Å². The largest absolute Gasteiger partial charge is 0.314 e. The van der Waals surface area contributed by atoms with Crippen molar-refractivity contribution in [1.29, 1.82) is 0 Å². The highest BCUT2D eigenvalue weighted by Crippen LogP contribution is 2.32. The zero-order chi connectivity index (χ0) is 13.9. The van der Waals surface area contributed by atoms with Crippen LogP contribution in [0.5, 0.6) is 0 Å². The van der Waals surface area contributed by atoms with Crippen LogP contribution in [0, 0.1) is 19.8 Å². The van der Waals surface area contributed by atoms with Crippen molar-refractivity contribution in [2.75, 3.05) is 6.54 Å². The molecule has 4 heteroatoms. The molecule has 3 rings (SSSR count). The van der Waals surface area contributed by atoms with Crippen LogP contribution in [-0.2, 0) is 6.54 Å². The van der Waals surface area contributed by atoms with Crippen LogP contribution in [0.25, 0.3) is 0 Å². The van der Waals surface area contributed by atoms with Gasteiger partial charge >= 0.3 is 0 Å². The predicted octanol–water partition coefficient (Wildman–Crippen LogP) is 3.16. The Morgan fingerprint density at radius 2 is 2.10 bits per heavy atom. The SMILES string of the molecule is Cc1nc(C)c(CNC2CCCC2C2CCCCN2)s1. The van der Waals surface area contributed by atoms with E-state index in [2.05, 4.69) is 29.5 Å². The third-order valence-electron chi connectivity index (χ3n) is 4.96. The molecule has 20 heavy (non-hydrogen) atoms. The second-order valence-corrected chi connectivity index (χ2v) is 7.67. The van der Waals surface area contributed by atoms with Crippen molar-refractivity contribution in [2.24, 2.45) is 5.92 Å². The van der Waals surface area contributed by atoms with Crippen molar-refractivity contribution in [3.8, 4) is 0 Å². The highest BCUT2D eigenvalue weighted by Gasteiger charge is 2.33. The Hall–Kier alpha value is -0.450. The maximum Gasteiger partial charge on any atom is 0.0900 e. The Morgan fingerprint density at radius 3 is 2.80 bits per heavy atom. The Morgan fingerprint density at radius 1 is 1.20 bits per heavy atom. The number of aromatic nitrogens is 1. The van der Waals surface area contributed by atoms with E-state index < -0.39 is 0 Å². The molecule has 0 spiro atoms. The van der Waals surface area contributed by atoms with E-state index in [0.29, 0.717) is 6.04 Å². The Bertz CT molecular complexity index is 437. The van der Waals surface area contributed by atoms with E-state index in [9.17, 15) is 0 Å². The van der Waals surface area contributed by atoms with Crippen LogP contribution in [0.1, 0.15) is 54.1 Å². The summed E-state index contributed by atoms with van der Waals surface area (Å²) in [4.78, 5) is 5.95. The number of thiazole rings is 1. The van der Waals surface area contributed by atoms with Crippen molar-refractivity contribution in [3.05, 3.63) is 15.6 Å². The number of nitrogens with zero attached hydrogens (tertiary/aromatic N) is 1. The second-order valence-electron chi connectivity index (χ2n) is 6.38. The summed E-state index contributed by atoms with van der Waals surface area (Å²) in [6.07, 6.45) is 8.28. The van der Waals surface area contributed by atoms with Crippen molar-refractivity contribution >= 4 is 11.3 Å². The molecule has 2 N–H and O–H groups in total. The standard InChI is InChI=1S/C16H27N3S/c1-11-16(20-12(2)19-11)10-18-15-8-5-6-13(15)14-7-3-4-9-17-14/h13-15,17-18H,3-10H2,1-2H3. The first kappa shape index (κ1) is 14.5. The Kier molecular flexibility index (Phi) is 4.74. The Balaban J connectivity index is 1.57. The number of piperidine rings is 1. The molecule has 1 aliphatic carbocycles. The minimum Gasteiger partial charge on any atom is -0.314 e. The van der Waals surface area contributed by atoms with Gasteiger partial charge in [0.25, 0.3) is 0 Å². The fourth-order valence-electron chi connectivity index (χ4n) is 3.93. The number of hydrogen-bond donors (Lipinski definition) is 2. The molecule has 112 valence electrons. The van der Waals surface area contributed by atoms with E-state index in [0.717, 1.165) is 18.5 Å². The van der Waals surface area contributed by atoms with Crippen molar-refractivity contribution in [3.63, 3.8) is 0 Å². The molecule has 3 unspecified atom stereocenters. The summed E-state index contributed by atoms with van der Waals surface area (Å²) in [6.45, 7) is 6.47. The Labute approximate surface area is 126 Å². The van der Waals surface area contributed by atoms with Gasteiger partial charge < -0.3 is 10.6 Å². The van der Waals surface area contributed by atoms with Gasteiger partial charge in [0.2, 0.25) is 0 Å². The fraction of sp³-hybridized carbons (Fsp3) is 0.812. The number of rotatable bonds is 4. The van der Waals surface area contributed by atoms with Crippen LogP contribution in [0.15, 0.2) is 0 Å². The molecule has 2 heterocycles. The molecule has 1 aliphatic heterocycles. The monoisotopic (exact) mass is 293 g/mol. The first-order valence-corrected chi connectivity index (χ1v) is 8.95. The number of hydrogen-bond acceptors (Lipinski definition) is 4. The van der Waals surface area contributed by atoms with E-state index >= 15 is 0 Å². The van der Waals surface area contributed by atoms with Crippen LogP contribution in [0.2, 0.25) is 0 Å². The zero-order valence-corrected chi connectivity index (χ0v) is 13.6. The molecule has 1 saturated carbocycles. The maximum absolute atomic E-state index is 4.53. The molecule has 0 bridgehead atoms. The van der Waals surface area contributed by atoms with Crippen LogP contribution in [-0.4, -0.2) is 23.6 Å². The molecule has 0 amide bonds. The van der Waals surface area contributed by atoms with Gasteiger partial charge in [-0.15, -0.1) is 11.3 Å². The highest BCUT2D eigenvalue weighted by atomic mass is 32.1. The summed E-state index contributed by atoms with van der Waals surface area (Å²) < 4.78 is 0. The summed E-state index contributed by atoms with van der Waals surface area (Å²) in [5, 5.41) is 8.78. The first-order valence-electron chi connectivity index (χ1n) is 8.13. The lowest BCUT2D eigenvalue weighted by molar-refractivity contribution is 0.257. The van der Waals surface area contributed by atoms with Gasteiger partial charge in [-0.3, -0.25) is 0 Å². The molecule has 0 radical (unpaired) electrons. The van der Waals surface area contributed by atoms with Gasteiger partial charge in [0.15, 0.2) is 0 Å². The highest BCUT2D eigenvalue weighted by molar-refractivity contribution is 7.11. The zero-order valence-electron chi connectivity index (χ0n) is 12.7. The van der Waals surface area contributed by atoms with Gasteiger partial charge in [-0.2, -0.15) is 0 Å². The smallest absolute Gasteiger partial charge is 0.0900 e. The average molecular weight is 293 g/mol. The summed E-state index contributed by atoms with van der Waals surface area (Å²) >= 11 is 1.85. The van der Waals surface area contributed by atoms with Gasteiger partial charge in [0.05, 0.1) is 10.7 Å². The summed E-state index contributed by atoms with van der Waals surface area (Å²) in [5.74, 6) is 0.838. The molecule has 1 aromatic rings. The van der Waals surface area contributed by atoms with Gasteiger partial charge in [0, 0.05) is 23.5 Å². The normalized spacial score (nSPS) is 30.8. The van der Waals surface area contributed by atoms with E-state index in [4.69, 9.17) is 0 Å². The number of nitrogens with one attached hydrogen (secondary N) is 2. The molecular formula is C16H27N3S. The summed E-state index contributed by atoms with van der Waals surface area (Å²) in [7, 11) is 0. The lowest BCUT2D eigenvalue weighted by atomic mass is 9.88. The molecule has 1 saturated heterocycles. The van der Waals surface area contributed by atoms with Crippen molar-refractivity contribution in [1.82, 2.24) is 15.6 Å². The second kappa shape index (κ2) is 6.54. The van der Waals surface area contributed by atoms with Crippen molar-refractivity contribution < 1.29 is 0 Å². The first-order chi connectivity index (χ1) is 9.74. The lowest BCUT2D eigenvalue weighted by Gasteiger charge is -2.33. The minimum absolute atomic E-state index is 0.701. The average Bonchev–Trinajstić information content (AvgIpc) is 3.04. The van der Waals surface area contributed by atoms with Gasteiger partial charge in [-0.1, -0.05) is 12.8 Å². The van der Waals surface area contributed by atoms with E-state index in [1.165, 1.54) is 60.6 Å². The summed E-state index contributed by atoms with van der Waals surface area (Å²) in [6, 6.07) is 1.46. The maximum atomic E-state index is 4.53. The molecule has 3 atom stereocenters. The van der Waals surface area contributed by atoms with Gasteiger partial charge in [-0.25, -0.2) is 4.98 Å². The van der Waals surface area contributed by atoms with Crippen LogP contribution < -0.4 is 10.6 Å². The van der Waals surface area contributed by atoms with Crippen molar-refractivity contribution in [2.45, 2.75) is 71.0 Å². The molecule has 2 fully saturated rings. The van der Waals surface area contributed by atoms with Crippen LogP contribution >= 0.6 is 11.3 Å². The van der Waals surface area contributed by atoms with E-state index in [-0.39, 0.29) is 0 Å². The van der Waals surface area contributed by atoms with Crippen LogP contribution in [0.3, 0.4) is 0 Å². The predicted molar refractivity (Wildman–Crippen MR) is 85.2 cm³/mol. The number of aryl methyl sites for hydroxylation is 2. The fourth-order valence-corrected chi connectivity index (χ4v) is 4.82. The molecule has 3 nitrogen and oxygen atoms in total. The van der Waals surface area contributed by atoms with Gasteiger partial charge in [-0.05, 0) is 52.0 Å². The molecule has 2 aliphatic rings. The van der Waals surface area contributed by atoms with E-state index in [1.807, 2.05) is 11.3 Å². The minimum atomic E-state index is 0.701. The molecule has 0 aromatic carbocycles. The third kappa shape index (κ3) is 3.23. The third-order valence-corrected chi connectivity index (χ3v) is 6.03. The lowest BCUT2D eigenvalue weighted by Crippen LogP contribution is -2.46. The van der Waals surface area contributed by atoms with Gasteiger partial charge in [0.1, 0.15) is 0 Å². The molecule has 1 aromatic heterocycles.